The highest BCUT2D eigenvalue weighted by atomic mass is 32.2. The van der Waals surface area contributed by atoms with E-state index >= 15 is 0 Å². The van der Waals surface area contributed by atoms with E-state index in [-0.39, 0.29) is 18.1 Å². The first-order valence-corrected chi connectivity index (χ1v) is 6.16. The van der Waals surface area contributed by atoms with Gasteiger partial charge in [0.15, 0.2) is 0 Å². The largest absolute Gasteiger partial charge is 0.394 e. The van der Waals surface area contributed by atoms with E-state index in [0.29, 0.717) is 0 Å². The highest BCUT2D eigenvalue weighted by Crippen LogP contribution is 2.05. The van der Waals surface area contributed by atoms with Gasteiger partial charge in [0, 0.05) is 7.11 Å². The van der Waals surface area contributed by atoms with Crippen molar-refractivity contribution in [3.63, 3.8) is 0 Å². The van der Waals surface area contributed by atoms with E-state index in [9.17, 15) is 8.42 Å². The molecule has 0 bridgehead atoms. The lowest BCUT2D eigenvalue weighted by Gasteiger charge is -2.05. The maximum Gasteiger partial charge on any atom is 0.294 e. The zero-order chi connectivity index (χ0) is 13.3. The molecule has 1 aromatic rings. The third-order valence-electron chi connectivity index (χ3n) is 1.78. The van der Waals surface area contributed by atoms with Crippen molar-refractivity contribution in [3.05, 3.63) is 30.3 Å². The standard InChI is InChI=1S/C6H6O3S.C4H10O3/c7-10(8,9)6-4-2-1-3-5-6;1-7-4(2-5)3-6/h1-5H,(H,7,8,9);4-6H,2-3H2,1H3. The molecule has 1 rings (SSSR count). The van der Waals surface area contributed by atoms with E-state index in [0.717, 1.165) is 0 Å². The summed E-state index contributed by atoms with van der Waals surface area (Å²) in [6.45, 7) is -0.236. The first-order chi connectivity index (χ1) is 7.95. The second-order valence-electron chi connectivity index (χ2n) is 3.01. The summed E-state index contributed by atoms with van der Waals surface area (Å²) in [5.41, 5.74) is 0. The van der Waals surface area contributed by atoms with E-state index in [2.05, 4.69) is 4.74 Å². The average molecular weight is 264 g/mol. The molecule has 98 valence electrons. The fourth-order valence-corrected chi connectivity index (χ4v) is 1.30. The molecule has 0 aliphatic carbocycles. The van der Waals surface area contributed by atoms with Crippen molar-refractivity contribution in [1.82, 2.24) is 0 Å². The predicted molar refractivity (Wildman–Crippen MR) is 61.2 cm³/mol. The third kappa shape index (κ3) is 7.03. The van der Waals surface area contributed by atoms with Gasteiger partial charge in [-0.3, -0.25) is 4.55 Å². The fraction of sp³-hybridized carbons (Fsp3) is 0.400. The minimum absolute atomic E-state index is 0.0741. The van der Waals surface area contributed by atoms with Crippen molar-refractivity contribution in [1.29, 1.82) is 0 Å². The lowest BCUT2D eigenvalue weighted by Crippen LogP contribution is -2.19. The van der Waals surface area contributed by atoms with E-state index in [1.165, 1.54) is 19.2 Å². The summed E-state index contributed by atoms with van der Waals surface area (Å²) in [7, 11) is -2.56. The normalized spacial score (nSPS) is 10.9. The molecule has 0 aromatic heterocycles. The number of hydrogen-bond donors (Lipinski definition) is 3. The van der Waals surface area contributed by atoms with Crippen LogP contribution in [0.3, 0.4) is 0 Å². The van der Waals surface area contributed by atoms with Crippen LogP contribution in [0, 0.1) is 0 Å². The summed E-state index contributed by atoms with van der Waals surface area (Å²) in [4.78, 5) is -0.0741. The molecule has 0 aliphatic rings. The third-order valence-corrected chi connectivity index (χ3v) is 2.65. The number of benzene rings is 1. The van der Waals surface area contributed by atoms with Gasteiger partial charge in [0.1, 0.15) is 6.10 Å². The summed E-state index contributed by atoms with van der Waals surface area (Å²) in [6, 6.07) is 7.42. The Labute approximate surface area is 100 Å². The summed E-state index contributed by atoms with van der Waals surface area (Å²) in [6.07, 6.45) is -0.403. The van der Waals surface area contributed by atoms with Gasteiger partial charge in [0.2, 0.25) is 0 Å². The van der Waals surface area contributed by atoms with Gasteiger partial charge in [-0.15, -0.1) is 0 Å². The number of rotatable bonds is 4. The Balaban J connectivity index is 0.000000325. The van der Waals surface area contributed by atoms with E-state index in [4.69, 9.17) is 14.8 Å². The Morgan fingerprint density at radius 2 is 1.65 bits per heavy atom. The van der Waals surface area contributed by atoms with E-state index in [1.54, 1.807) is 18.2 Å². The van der Waals surface area contributed by atoms with Crippen molar-refractivity contribution in [2.75, 3.05) is 20.3 Å². The van der Waals surface area contributed by atoms with Crippen LogP contribution in [0.4, 0.5) is 0 Å². The van der Waals surface area contributed by atoms with Crippen molar-refractivity contribution in [2.45, 2.75) is 11.0 Å². The smallest absolute Gasteiger partial charge is 0.294 e. The second kappa shape index (κ2) is 8.15. The zero-order valence-electron chi connectivity index (χ0n) is 9.35. The predicted octanol–water partition coefficient (Wildman–Crippen LogP) is -0.0807. The summed E-state index contributed by atoms with van der Waals surface area (Å²) < 4.78 is 33.8. The molecular weight excluding hydrogens is 248 g/mol. The van der Waals surface area contributed by atoms with E-state index < -0.39 is 16.2 Å². The molecule has 0 aliphatic heterocycles. The number of methoxy groups -OCH3 is 1. The Morgan fingerprint density at radius 1 is 1.18 bits per heavy atom. The van der Waals surface area contributed by atoms with Crippen molar-refractivity contribution < 1.29 is 27.9 Å². The molecule has 17 heavy (non-hydrogen) atoms. The molecule has 0 fully saturated rings. The molecule has 0 atom stereocenters. The second-order valence-corrected chi connectivity index (χ2v) is 4.43. The van der Waals surface area contributed by atoms with Gasteiger partial charge in [-0.2, -0.15) is 8.42 Å². The van der Waals surface area contributed by atoms with Gasteiger partial charge >= 0.3 is 0 Å². The molecule has 3 N–H and O–H groups in total. The van der Waals surface area contributed by atoms with Gasteiger partial charge in [-0.25, -0.2) is 0 Å². The van der Waals surface area contributed by atoms with Crippen LogP contribution in [0.5, 0.6) is 0 Å². The fourth-order valence-electron chi connectivity index (χ4n) is 0.799. The van der Waals surface area contributed by atoms with Crippen LogP contribution in [0.2, 0.25) is 0 Å². The van der Waals surface area contributed by atoms with Crippen molar-refractivity contribution >= 4 is 10.1 Å². The minimum atomic E-state index is -4.00. The molecule has 6 nitrogen and oxygen atoms in total. The van der Waals surface area contributed by atoms with Crippen LogP contribution in [0.1, 0.15) is 0 Å². The molecule has 0 radical (unpaired) electrons. The molecule has 0 spiro atoms. The van der Waals surface area contributed by atoms with Crippen LogP contribution in [-0.2, 0) is 14.9 Å². The van der Waals surface area contributed by atoms with Gasteiger partial charge in [0.25, 0.3) is 10.1 Å². The zero-order valence-corrected chi connectivity index (χ0v) is 10.2. The Kier molecular flexibility index (Phi) is 7.68. The summed E-state index contributed by atoms with van der Waals surface area (Å²) >= 11 is 0. The van der Waals surface area contributed by atoms with Gasteiger partial charge < -0.3 is 14.9 Å². The molecule has 1 aromatic carbocycles. The SMILES string of the molecule is COC(CO)CO.O=S(=O)(O)c1ccccc1. The lowest BCUT2D eigenvalue weighted by atomic mass is 10.4. The summed E-state index contributed by atoms with van der Waals surface area (Å²) in [5, 5.41) is 16.5. The first kappa shape index (κ1) is 16.0. The molecule has 0 saturated heterocycles. The number of aliphatic hydroxyl groups is 2. The summed E-state index contributed by atoms with van der Waals surface area (Å²) in [5.74, 6) is 0. The van der Waals surface area contributed by atoms with Crippen molar-refractivity contribution in [2.24, 2.45) is 0 Å². The van der Waals surface area contributed by atoms with Crippen LogP contribution >= 0.6 is 0 Å². The molecule has 0 saturated carbocycles. The Bertz CT molecular complexity index is 379. The maximum absolute atomic E-state index is 10.4. The minimum Gasteiger partial charge on any atom is -0.394 e. The monoisotopic (exact) mass is 264 g/mol. The number of aliphatic hydroxyl groups excluding tert-OH is 2. The molecule has 0 heterocycles. The van der Waals surface area contributed by atoms with E-state index in [1.807, 2.05) is 0 Å². The molecule has 7 heteroatoms. The van der Waals surface area contributed by atoms with Crippen LogP contribution in [-0.4, -0.2) is 49.6 Å². The van der Waals surface area contributed by atoms with Gasteiger partial charge in [0.05, 0.1) is 18.1 Å². The highest BCUT2D eigenvalue weighted by Gasteiger charge is 2.05. The Morgan fingerprint density at radius 3 is 1.82 bits per heavy atom. The number of ether oxygens (including phenoxy) is 1. The lowest BCUT2D eigenvalue weighted by molar-refractivity contribution is 0.00933. The van der Waals surface area contributed by atoms with Crippen LogP contribution < -0.4 is 0 Å². The van der Waals surface area contributed by atoms with Gasteiger partial charge in [-0.1, -0.05) is 18.2 Å². The van der Waals surface area contributed by atoms with Crippen molar-refractivity contribution in [3.8, 4) is 0 Å². The molecule has 0 unspecified atom stereocenters. The average Bonchev–Trinajstić information content (AvgIpc) is 2.32. The van der Waals surface area contributed by atoms with Gasteiger partial charge in [-0.05, 0) is 12.1 Å². The number of hydrogen-bond acceptors (Lipinski definition) is 5. The first-order valence-electron chi connectivity index (χ1n) is 4.72. The van der Waals surface area contributed by atoms with Crippen LogP contribution in [0.25, 0.3) is 0 Å². The Hall–Kier alpha value is -0.990. The van der Waals surface area contributed by atoms with Crippen LogP contribution in [0.15, 0.2) is 35.2 Å². The maximum atomic E-state index is 10.4. The molecule has 0 amide bonds. The quantitative estimate of drug-likeness (QED) is 0.657. The highest BCUT2D eigenvalue weighted by molar-refractivity contribution is 7.85. The molecular formula is C10H16O6S. The topological polar surface area (TPSA) is 104 Å².